The molecule has 3 heterocycles. The van der Waals surface area contributed by atoms with E-state index in [0.29, 0.717) is 5.92 Å². The topological polar surface area (TPSA) is 51.0 Å². The van der Waals surface area contributed by atoms with Gasteiger partial charge in [-0.1, -0.05) is 30.3 Å². The Morgan fingerprint density at radius 1 is 1.22 bits per heavy atom. The molecule has 0 aliphatic carbocycles. The van der Waals surface area contributed by atoms with Crippen LogP contribution in [0.2, 0.25) is 0 Å². The molecule has 1 aliphatic heterocycles. The second-order valence-corrected chi connectivity index (χ2v) is 7.84. The van der Waals surface area contributed by atoms with Crippen molar-refractivity contribution in [3.63, 3.8) is 0 Å². The van der Waals surface area contributed by atoms with E-state index in [1.807, 2.05) is 60.1 Å². The van der Waals surface area contributed by atoms with Gasteiger partial charge in [0.1, 0.15) is 5.82 Å². The molecule has 0 bridgehead atoms. The second-order valence-electron chi connectivity index (χ2n) is 7.13. The quantitative estimate of drug-likeness (QED) is 0.675. The van der Waals surface area contributed by atoms with E-state index in [9.17, 15) is 4.79 Å². The number of hydrogen-bond acceptors (Lipinski definition) is 4. The third-order valence-electron chi connectivity index (χ3n) is 5.41. The van der Waals surface area contributed by atoms with E-state index >= 15 is 0 Å². The maximum absolute atomic E-state index is 12.9. The molecule has 1 amide bonds. The molecule has 4 rings (SSSR count). The van der Waals surface area contributed by atoms with Crippen molar-refractivity contribution >= 4 is 17.2 Å². The van der Waals surface area contributed by atoms with Gasteiger partial charge >= 0.3 is 0 Å². The van der Waals surface area contributed by atoms with Gasteiger partial charge in [0.15, 0.2) is 0 Å². The van der Waals surface area contributed by atoms with Crippen molar-refractivity contribution in [2.24, 2.45) is 0 Å². The van der Waals surface area contributed by atoms with Crippen LogP contribution >= 0.6 is 11.3 Å². The molecule has 1 atom stereocenters. The van der Waals surface area contributed by atoms with Crippen LogP contribution in [0.15, 0.2) is 53.6 Å². The first-order chi connectivity index (χ1) is 13.2. The molecule has 5 nitrogen and oxygen atoms in total. The molecular weight excluding hydrogens is 356 g/mol. The first kappa shape index (κ1) is 17.9. The minimum atomic E-state index is -0.0885. The highest BCUT2D eigenvalue weighted by Gasteiger charge is 2.29. The fourth-order valence-electron chi connectivity index (χ4n) is 3.82. The molecule has 27 heavy (non-hydrogen) atoms. The third-order valence-corrected chi connectivity index (χ3v) is 6.04. The molecule has 1 aliphatic rings. The Labute approximate surface area is 163 Å². The van der Waals surface area contributed by atoms with Crippen LogP contribution in [0.4, 0.5) is 0 Å². The van der Waals surface area contributed by atoms with Gasteiger partial charge in [-0.05, 0) is 25.3 Å². The number of imidazole rings is 1. The zero-order valence-corrected chi connectivity index (χ0v) is 16.3. The van der Waals surface area contributed by atoms with E-state index in [1.54, 1.807) is 11.3 Å². The van der Waals surface area contributed by atoms with Crippen LogP contribution in [-0.2, 0) is 11.3 Å². The maximum atomic E-state index is 12.9. The van der Waals surface area contributed by atoms with Crippen molar-refractivity contribution in [3.05, 3.63) is 70.7 Å². The zero-order valence-electron chi connectivity index (χ0n) is 15.5. The molecule has 0 saturated carbocycles. The van der Waals surface area contributed by atoms with Crippen LogP contribution in [0.5, 0.6) is 0 Å². The smallest absolute Gasteiger partial charge is 0.229 e. The van der Waals surface area contributed by atoms with Crippen molar-refractivity contribution in [2.45, 2.75) is 38.1 Å². The maximum Gasteiger partial charge on any atom is 0.229 e. The summed E-state index contributed by atoms with van der Waals surface area (Å²) in [6.45, 7) is 4.36. The predicted octanol–water partition coefficient (Wildman–Crippen LogP) is 3.90. The number of benzene rings is 1. The van der Waals surface area contributed by atoms with Gasteiger partial charge in [-0.15, -0.1) is 11.3 Å². The summed E-state index contributed by atoms with van der Waals surface area (Å²) >= 11 is 1.62. The minimum Gasteiger partial charge on any atom is -0.342 e. The molecule has 1 unspecified atom stereocenters. The molecule has 1 saturated heterocycles. The number of thiazole rings is 1. The summed E-state index contributed by atoms with van der Waals surface area (Å²) in [4.78, 5) is 23.9. The zero-order chi connectivity index (χ0) is 18.6. The third kappa shape index (κ3) is 3.95. The normalized spacial score (nSPS) is 16.4. The number of amides is 1. The molecule has 1 aromatic carbocycles. The monoisotopic (exact) mass is 380 g/mol. The van der Waals surface area contributed by atoms with Crippen LogP contribution < -0.4 is 0 Å². The Balaban J connectivity index is 1.38. The number of piperidine rings is 1. The van der Waals surface area contributed by atoms with Gasteiger partial charge in [-0.2, -0.15) is 0 Å². The van der Waals surface area contributed by atoms with Crippen molar-refractivity contribution in [1.29, 1.82) is 0 Å². The highest BCUT2D eigenvalue weighted by molar-refractivity contribution is 7.07. The summed E-state index contributed by atoms with van der Waals surface area (Å²) in [6, 6.07) is 10.0. The Morgan fingerprint density at radius 3 is 2.70 bits per heavy atom. The molecule has 2 aromatic heterocycles. The van der Waals surface area contributed by atoms with Gasteiger partial charge in [0, 0.05) is 36.8 Å². The standard InChI is InChI=1S/C21H24N4OS/c1-16(17-5-3-2-4-6-17)21(26)24-10-7-18(8-11-24)20-22-9-12-25(20)13-19-14-27-15-23-19/h2-6,9,12,14-16,18H,7-8,10-11,13H2,1H3. The van der Waals surface area contributed by atoms with E-state index in [1.165, 1.54) is 0 Å². The van der Waals surface area contributed by atoms with Crippen molar-refractivity contribution in [1.82, 2.24) is 19.4 Å². The van der Waals surface area contributed by atoms with Gasteiger partial charge in [0.2, 0.25) is 5.91 Å². The van der Waals surface area contributed by atoms with Crippen LogP contribution in [0, 0.1) is 0 Å². The lowest BCUT2D eigenvalue weighted by Gasteiger charge is -2.33. The SMILES string of the molecule is CC(C(=O)N1CCC(c2nccn2Cc2cscn2)CC1)c1ccccc1. The Bertz CT molecular complexity index is 867. The van der Waals surface area contributed by atoms with Gasteiger partial charge in [0.05, 0.1) is 23.7 Å². The second kappa shape index (κ2) is 8.05. The highest BCUT2D eigenvalue weighted by Crippen LogP contribution is 2.29. The summed E-state index contributed by atoms with van der Waals surface area (Å²) in [6.07, 6.45) is 5.82. The number of nitrogens with zero attached hydrogens (tertiary/aromatic N) is 4. The van der Waals surface area contributed by atoms with E-state index in [4.69, 9.17) is 0 Å². The van der Waals surface area contributed by atoms with Crippen LogP contribution in [0.3, 0.4) is 0 Å². The fourth-order valence-corrected chi connectivity index (χ4v) is 4.37. The van der Waals surface area contributed by atoms with Gasteiger partial charge in [-0.25, -0.2) is 9.97 Å². The molecule has 1 fully saturated rings. The molecule has 3 aromatic rings. The summed E-state index contributed by atoms with van der Waals surface area (Å²) in [5, 5.41) is 2.08. The van der Waals surface area contributed by atoms with E-state index < -0.39 is 0 Å². The number of likely N-dealkylation sites (tertiary alicyclic amines) is 1. The molecule has 6 heteroatoms. The average Bonchev–Trinajstić information content (AvgIpc) is 3.40. The van der Waals surface area contributed by atoms with Gasteiger partial charge in [-0.3, -0.25) is 4.79 Å². The Morgan fingerprint density at radius 2 is 2.00 bits per heavy atom. The average molecular weight is 381 g/mol. The molecule has 0 spiro atoms. The molecule has 0 radical (unpaired) electrons. The molecule has 0 N–H and O–H groups in total. The fraction of sp³-hybridized carbons (Fsp3) is 0.381. The summed E-state index contributed by atoms with van der Waals surface area (Å²) in [5.41, 5.74) is 4.02. The first-order valence-electron chi connectivity index (χ1n) is 9.44. The first-order valence-corrected chi connectivity index (χ1v) is 10.4. The lowest BCUT2D eigenvalue weighted by atomic mass is 9.93. The van der Waals surface area contributed by atoms with E-state index in [2.05, 4.69) is 19.9 Å². The largest absolute Gasteiger partial charge is 0.342 e. The van der Waals surface area contributed by atoms with Crippen LogP contribution in [-0.4, -0.2) is 38.4 Å². The van der Waals surface area contributed by atoms with Crippen LogP contribution in [0.1, 0.15) is 48.7 Å². The van der Waals surface area contributed by atoms with Crippen molar-refractivity contribution in [2.75, 3.05) is 13.1 Å². The number of carbonyl (C=O) groups excluding carboxylic acids is 1. The number of hydrogen-bond donors (Lipinski definition) is 0. The van der Waals surface area contributed by atoms with Crippen molar-refractivity contribution < 1.29 is 4.79 Å². The number of rotatable bonds is 5. The lowest BCUT2D eigenvalue weighted by Crippen LogP contribution is -2.40. The van der Waals surface area contributed by atoms with E-state index in [-0.39, 0.29) is 11.8 Å². The Kier molecular flexibility index (Phi) is 5.34. The minimum absolute atomic E-state index is 0.0885. The van der Waals surface area contributed by atoms with Crippen molar-refractivity contribution in [3.8, 4) is 0 Å². The summed E-state index contributed by atoms with van der Waals surface area (Å²) < 4.78 is 2.20. The Hall–Kier alpha value is -2.47. The van der Waals surface area contributed by atoms with E-state index in [0.717, 1.165) is 49.6 Å². The highest BCUT2D eigenvalue weighted by atomic mass is 32.1. The van der Waals surface area contributed by atoms with Crippen LogP contribution in [0.25, 0.3) is 0 Å². The number of aromatic nitrogens is 3. The summed E-state index contributed by atoms with van der Waals surface area (Å²) in [5.74, 6) is 1.65. The summed E-state index contributed by atoms with van der Waals surface area (Å²) in [7, 11) is 0. The predicted molar refractivity (Wildman–Crippen MR) is 107 cm³/mol. The van der Waals surface area contributed by atoms with Gasteiger partial charge in [0.25, 0.3) is 0 Å². The molecular formula is C21H24N4OS. The molecule has 140 valence electrons. The number of carbonyl (C=O) groups is 1. The lowest BCUT2D eigenvalue weighted by molar-refractivity contribution is -0.133. The van der Waals surface area contributed by atoms with Gasteiger partial charge < -0.3 is 9.47 Å².